The van der Waals surface area contributed by atoms with Gasteiger partial charge < -0.3 is 4.90 Å². The average Bonchev–Trinajstić information content (AvgIpc) is 2.86. The highest BCUT2D eigenvalue weighted by Crippen LogP contribution is 2.42. The Balaban J connectivity index is 1.62. The minimum atomic E-state index is 0.0622. The quantitative estimate of drug-likeness (QED) is 0.782. The number of nitrogens with zero attached hydrogens (tertiary/aromatic N) is 3. The molecule has 1 saturated heterocycles. The van der Waals surface area contributed by atoms with Crippen molar-refractivity contribution in [2.24, 2.45) is 16.8 Å². The second-order valence-corrected chi connectivity index (χ2v) is 8.02. The van der Waals surface area contributed by atoms with Gasteiger partial charge in [-0.3, -0.25) is 9.89 Å². The number of amides is 2. The number of urea groups is 1. The van der Waals surface area contributed by atoms with Crippen LogP contribution < -0.4 is 0 Å². The molecule has 2 heterocycles. The van der Waals surface area contributed by atoms with E-state index in [1.165, 1.54) is 37.7 Å². The molecule has 2 amide bonds. The first-order chi connectivity index (χ1) is 12.1. The first kappa shape index (κ1) is 16.6. The summed E-state index contributed by atoms with van der Waals surface area (Å²) in [7, 11) is 1.91. The lowest BCUT2D eigenvalue weighted by molar-refractivity contribution is 0.200. The van der Waals surface area contributed by atoms with Crippen LogP contribution in [0.15, 0.2) is 35.3 Å². The van der Waals surface area contributed by atoms with Crippen LogP contribution >= 0.6 is 0 Å². The standard InChI is InChI=1S/C21H29N3O/c1-14-18(16-10-6-4-7-11-16)22-20(14)24-19(15(2)23(3)21(24)25)17-12-8-5-9-13-17/h5,8-9,12-16,18-19H,4,6-7,10-11H2,1-3H3/t14-,15-,18+,19-/m0/s1. The van der Waals surface area contributed by atoms with E-state index in [1.807, 2.05) is 22.9 Å². The van der Waals surface area contributed by atoms with Gasteiger partial charge in [0.15, 0.2) is 0 Å². The summed E-state index contributed by atoms with van der Waals surface area (Å²) in [6.07, 6.45) is 6.66. The fraction of sp³-hybridized carbons (Fsp3) is 0.619. The van der Waals surface area contributed by atoms with Gasteiger partial charge in [-0.05, 0) is 31.2 Å². The number of carbonyl (C=O) groups is 1. The van der Waals surface area contributed by atoms with Crippen LogP contribution in [0.25, 0.3) is 0 Å². The van der Waals surface area contributed by atoms with Crippen LogP contribution in [0.4, 0.5) is 4.79 Å². The Morgan fingerprint density at radius 1 is 1.04 bits per heavy atom. The van der Waals surface area contributed by atoms with Gasteiger partial charge in [-0.2, -0.15) is 0 Å². The van der Waals surface area contributed by atoms with Crippen LogP contribution in [0, 0.1) is 11.8 Å². The molecule has 4 heteroatoms. The third kappa shape index (κ3) is 2.66. The number of aliphatic imine (C=N–C) groups is 1. The highest BCUT2D eigenvalue weighted by molar-refractivity contribution is 6.03. The van der Waals surface area contributed by atoms with E-state index in [4.69, 9.17) is 4.99 Å². The summed E-state index contributed by atoms with van der Waals surface area (Å²) in [5, 5.41) is 0. The van der Waals surface area contributed by atoms with Gasteiger partial charge in [-0.15, -0.1) is 0 Å². The lowest BCUT2D eigenvalue weighted by atomic mass is 9.76. The zero-order valence-corrected chi connectivity index (χ0v) is 15.6. The summed E-state index contributed by atoms with van der Waals surface area (Å²) in [4.78, 5) is 21.8. The van der Waals surface area contributed by atoms with Crippen molar-refractivity contribution in [3.8, 4) is 0 Å². The summed E-state index contributed by atoms with van der Waals surface area (Å²) < 4.78 is 0. The fourth-order valence-electron chi connectivity index (χ4n) is 4.93. The molecule has 1 saturated carbocycles. The molecule has 2 aliphatic heterocycles. The third-order valence-electron chi connectivity index (χ3n) is 6.58. The minimum absolute atomic E-state index is 0.0622. The van der Waals surface area contributed by atoms with Crippen molar-refractivity contribution in [1.82, 2.24) is 9.80 Å². The summed E-state index contributed by atoms with van der Waals surface area (Å²) in [5.74, 6) is 2.11. The fourth-order valence-corrected chi connectivity index (χ4v) is 4.93. The molecular formula is C21H29N3O. The summed E-state index contributed by atoms with van der Waals surface area (Å²) in [6, 6.07) is 11.1. The van der Waals surface area contributed by atoms with Crippen molar-refractivity contribution in [1.29, 1.82) is 0 Å². The van der Waals surface area contributed by atoms with Crippen molar-refractivity contribution in [3.05, 3.63) is 35.9 Å². The smallest absolute Gasteiger partial charge is 0.322 e. The monoisotopic (exact) mass is 339 g/mol. The molecule has 25 heavy (non-hydrogen) atoms. The maximum atomic E-state index is 12.9. The Morgan fingerprint density at radius 3 is 2.36 bits per heavy atom. The maximum Gasteiger partial charge on any atom is 0.326 e. The molecule has 0 bridgehead atoms. The zero-order chi connectivity index (χ0) is 17.6. The SMILES string of the molecule is C[C@@H]1C(N2C(=O)N(C)[C@@H](C)[C@H]2c2ccccc2)=N[C@H]1C1CCCCC1. The van der Waals surface area contributed by atoms with E-state index in [-0.39, 0.29) is 18.1 Å². The van der Waals surface area contributed by atoms with Crippen LogP contribution in [0.2, 0.25) is 0 Å². The van der Waals surface area contributed by atoms with Crippen molar-refractivity contribution < 1.29 is 4.79 Å². The van der Waals surface area contributed by atoms with Gasteiger partial charge in [0, 0.05) is 13.0 Å². The van der Waals surface area contributed by atoms with Gasteiger partial charge in [-0.1, -0.05) is 56.5 Å². The molecule has 1 aromatic carbocycles. The van der Waals surface area contributed by atoms with E-state index < -0.39 is 0 Å². The van der Waals surface area contributed by atoms with E-state index >= 15 is 0 Å². The number of rotatable bonds is 2. The lowest BCUT2D eigenvalue weighted by Crippen LogP contribution is -2.51. The third-order valence-corrected chi connectivity index (χ3v) is 6.58. The summed E-state index contributed by atoms with van der Waals surface area (Å²) in [6.45, 7) is 4.40. The molecule has 134 valence electrons. The van der Waals surface area contributed by atoms with Gasteiger partial charge >= 0.3 is 6.03 Å². The average molecular weight is 339 g/mol. The van der Waals surface area contributed by atoms with E-state index in [1.54, 1.807) is 0 Å². The molecule has 1 aliphatic carbocycles. The summed E-state index contributed by atoms with van der Waals surface area (Å²) >= 11 is 0. The van der Waals surface area contributed by atoms with E-state index in [9.17, 15) is 4.79 Å². The number of benzene rings is 1. The van der Waals surface area contributed by atoms with Gasteiger partial charge in [0.2, 0.25) is 0 Å². The van der Waals surface area contributed by atoms with Crippen LogP contribution in [0.3, 0.4) is 0 Å². The Labute approximate surface area is 150 Å². The van der Waals surface area contributed by atoms with Crippen LogP contribution in [0.5, 0.6) is 0 Å². The Bertz CT molecular complexity index is 665. The van der Waals surface area contributed by atoms with Crippen molar-refractivity contribution in [2.75, 3.05) is 7.05 Å². The van der Waals surface area contributed by atoms with E-state index in [0.717, 1.165) is 11.8 Å². The highest BCUT2D eigenvalue weighted by atomic mass is 16.2. The molecule has 4 rings (SSSR count). The minimum Gasteiger partial charge on any atom is -0.322 e. The van der Waals surface area contributed by atoms with E-state index in [0.29, 0.717) is 12.0 Å². The van der Waals surface area contributed by atoms with Crippen molar-refractivity contribution in [2.45, 2.75) is 64.1 Å². The zero-order valence-electron chi connectivity index (χ0n) is 15.6. The molecule has 0 aromatic heterocycles. The normalized spacial score (nSPS) is 33.4. The number of hydrogen-bond acceptors (Lipinski definition) is 2. The largest absolute Gasteiger partial charge is 0.326 e. The predicted octanol–water partition coefficient (Wildman–Crippen LogP) is 4.48. The Hall–Kier alpha value is -1.84. The molecule has 0 unspecified atom stereocenters. The van der Waals surface area contributed by atoms with Crippen LogP contribution in [0.1, 0.15) is 57.6 Å². The molecule has 0 radical (unpaired) electrons. The molecule has 0 spiro atoms. The van der Waals surface area contributed by atoms with Gasteiger partial charge in [-0.25, -0.2) is 4.79 Å². The molecule has 4 atom stereocenters. The van der Waals surface area contributed by atoms with Gasteiger partial charge in [0.05, 0.1) is 18.1 Å². The molecule has 0 N–H and O–H groups in total. The number of likely N-dealkylation sites (N-methyl/N-ethyl adjacent to an activating group) is 1. The van der Waals surface area contributed by atoms with Crippen molar-refractivity contribution >= 4 is 11.9 Å². The van der Waals surface area contributed by atoms with Crippen LogP contribution in [-0.4, -0.2) is 40.8 Å². The second kappa shape index (κ2) is 6.47. The molecule has 2 fully saturated rings. The molecular weight excluding hydrogens is 310 g/mol. The Kier molecular flexibility index (Phi) is 4.30. The summed E-state index contributed by atoms with van der Waals surface area (Å²) in [5.41, 5.74) is 1.20. The molecule has 3 aliphatic rings. The predicted molar refractivity (Wildman–Crippen MR) is 101 cm³/mol. The Morgan fingerprint density at radius 2 is 1.72 bits per heavy atom. The lowest BCUT2D eigenvalue weighted by Gasteiger charge is -2.43. The highest BCUT2D eigenvalue weighted by Gasteiger charge is 2.50. The maximum absolute atomic E-state index is 12.9. The van der Waals surface area contributed by atoms with Crippen LogP contribution in [-0.2, 0) is 0 Å². The number of amidine groups is 1. The van der Waals surface area contributed by atoms with E-state index in [2.05, 4.69) is 38.1 Å². The number of hydrogen-bond donors (Lipinski definition) is 0. The van der Waals surface area contributed by atoms with Crippen molar-refractivity contribution in [3.63, 3.8) is 0 Å². The van der Waals surface area contributed by atoms with Gasteiger partial charge in [0.25, 0.3) is 0 Å². The first-order valence-electron chi connectivity index (χ1n) is 9.78. The second-order valence-electron chi connectivity index (χ2n) is 8.02. The topological polar surface area (TPSA) is 35.9 Å². The first-order valence-corrected chi connectivity index (χ1v) is 9.78. The molecule has 1 aromatic rings. The number of carbonyl (C=O) groups excluding carboxylic acids is 1. The van der Waals surface area contributed by atoms with Gasteiger partial charge in [0.1, 0.15) is 5.84 Å². The molecule has 4 nitrogen and oxygen atoms in total.